The van der Waals surface area contributed by atoms with Gasteiger partial charge in [-0.05, 0) is 19.4 Å². The van der Waals surface area contributed by atoms with Gasteiger partial charge in [0.1, 0.15) is 0 Å². The highest BCUT2D eigenvalue weighted by atomic mass is 16.5. The molecule has 0 aromatic rings. The van der Waals surface area contributed by atoms with E-state index in [9.17, 15) is 0 Å². The molecule has 0 aliphatic carbocycles. The molecule has 0 spiro atoms. The second-order valence-electron chi connectivity index (χ2n) is 5.09. The van der Waals surface area contributed by atoms with Crippen LogP contribution in [0.1, 0.15) is 53.9 Å². The predicted octanol–water partition coefficient (Wildman–Crippen LogP) is 3.82. The smallest absolute Gasteiger partial charge is 0.0701 e. The third-order valence-corrected chi connectivity index (χ3v) is 2.56. The average Bonchev–Trinajstić information content (AvgIpc) is 2.38. The first kappa shape index (κ1) is 21.2. The summed E-state index contributed by atoms with van der Waals surface area (Å²) < 4.78 is 11.0. The molecular weight excluding hydrogens is 238 g/mol. The summed E-state index contributed by atoms with van der Waals surface area (Å²) in [6.45, 7) is 16.0. The fourth-order valence-corrected chi connectivity index (χ4v) is 1.71. The number of likely N-dealkylation sites (N-methyl/N-ethyl adjacent to an activating group) is 1. The Kier molecular flexibility index (Phi) is 19.9. The van der Waals surface area contributed by atoms with Crippen LogP contribution in [0.4, 0.5) is 0 Å². The Hall–Kier alpha value is -0.120. The molecule has 3 nitrogen and oxygen atoms in total. The molecular formula is C16H37NO2. The van der Waals surface area contributed by atoms with Gasteiger partial charge in [-0.25, -0.2) is 0 Å². The Bertz CT molecular complexity index is 152. The largest absolute Gasteiger partial charge is 0.379 e. The maximum Gasteiger partial charge on any atom is 0.0701 e. The third-order valence-electron chi connectivity index (χ3n) is 2.56. The minimum absolute atomic E-state index is 0.724. The van der Waals surface area contributed by atoms with E-state index in [1.807, 2.05) is 13.8 Å². The van der Waals surface area contributed by atoms with Crippen LogP contribution in [0, 0.1) is 5.92 Å². The van der Waals surface area contributed by atoms with E-state index in [2.05, 4.69) is 32.7 Å². The second kappa shape index (κ2) is 17.9. The summed E-state index contributed by atoms with van der Waals surface area (Å²) in [4.78, 5) is 2.31. The molecule has 0 saturated heterocycles. The summed E-state index contributed by atoms with van der Waals surface area (Å²) >= 11 is 0. The Morgan fingerprint density at radius 3 is 2.00 bits per heavy atom. The lowest BCUT2D eigenvalue weighted by Crippen LogP contribution is -2.27. The Labute approximate surface area is 121 Å². The molecule has 0 aromatic heterocycles. The molecule has 0 aliphatic rings. The van der Waals surface area contributed by atoms with Gasteiger partial charge in [-0.15, -0.1) is 0 Å². The van der Waals surface area contributed by atoms with Crippen LogP contribution < -0.4 is 0 Å². The van der Waals surface area contributed by atoms with Crippen LogP contribution in [-0.4, -0.2) is 51.5 Å². The lowest BCUT2D eigenvalue weighted by molar-refractivity contribution is 0.0389. The molecule has 0 aliphatic heterocycles. The van der Waals surface area contributed by atoms with Crippen molar-refractivity contribution in [1.29, 1.82) is 0 Å². The zero-order valence-electron chi connectivity index (χ0n) is 14.2. The molecule has 118 valence electrons. The minimum Gasteiger partial charge on any atom is -0.379 e. The maximum atomic E-state index is 5.53. The molecule has 0 radical (unpaired) electrons. The maximum absolute atomic E-state index is 5.53. The highest BCUT2D eigenvalue weighted by Gasteiger charge is 2.00. The van der Waals surface area contributed by atoms with Crippen molar-refractivity contribution in [3.05, 3.63) is 0 Å². The van der Waals surface area contributed by atoms with Gasteiger partial charge in [-0.1, -0.05) is 47.5 Å². The van der Waals surface area contributed by atoms with E-state index >= 15 is 0 Å². The van der Waals surface area contributed by atoms with E-state index in [1.165, 1.54) is 19.3 Å². The lowest BCUT2D eigenvalue weighted by atomic mass is 10.2. The SMILES string of the molecule is CC.CCCCCOCCOCCN(C)CC(C)C. The van der Waals surface area contributed by atoms with E-state index in [0.717, 1.165) is 45.4 Å². The summed E-state index contributed by atoms with van der Waals surface area (Å²) in [6.07, 6.45) is 3.69. The molecule has 0 heterocycles. The Morgan fingerprint density at radius 1 is 0.895 bits per heavy atom. The normalized spacial score (nSPS) is 10.7. The highest BCUT2D eigenvalue weighted by Crippen LogP contribution is 1.96. The van der Waals surface area contributed by atoms with Crippen LogP contribution in [0.3, 0.4) is 0 Å². The average molecular weight is 275 g/mol. The van der Waals surface area contributed by atoms with Crippen LogP contribution in [0.25, 0.3) is 0 Å². The number of ether oxygens (including phenoxy) is 2. The molecule has 0 bridgehead atoms. The van der Waals surface area contributed by atoms with Crippen LogP contribution >= 0.6 is 0 Å². The molecule has 3 heteroatoms. The van der Waals surface area contributed by atoms with Crippen molar-refractivity contribution in [2.45, 2.75) is 53.9 Å². The molecule has 0 atom stereocenters. The van der Waals surface area contributed by atoms with E-state index in [-0.39, 0.29) is 0 Å². The number of hydrogen-bond acceptors (Lipinski definition) is 3. The molecule has 0 aromatic carbocycles. The van der Waals surface area contributed by atoms with Gasteiger partial charge in [-0.2, -0.15) is 0 Å². The van der Waals surface area contributed by atoms with Crippen molar-refractivity contribution < 1.29 is 9.47 Å². The number of unbranched alkanes of at least 4 members (excludes halogenated alkanes) is 2. The first-order chi connectivity index (χ1) is 9.16. The molecule has 0 N–H and O–H groups in total. The molecule has 0 amide bonds. The van der Waals surface area contributed by atoms with Gasteiger partial charge >= 0.3 is 0 Å². The van der Waals surface area contributed by atoms with Gasteiger partial charge in [0.25, 0.3) is 0 Å². The van der Waals surface area contributed by atoms with Crippen LogP contribution in [-0.2, 0) is 9.47 Å². The van der Waals surface area contributed by atoms with Gasteiger partial charge in [-0.3, -0.25) is 0 Å². The highest BCUT2D eigenvalue weighted by molar-refractivity contribution is 4.53. The van der Waals surface area contributed by atoms with Crippen molar-refractivity contribution in [1.82, 2.24) is 4.90 Å². The molecule has 0 rings (SSSR count). The van der Waals surface area contributed by atoms with Crippen molar-refractivity contribution in [3.8, 4) is 0 Å². The second-order valence-corrected chi connectivity index (χ2v) is 5.09. The van der Waals surface area contributed by atoms with Gasteiger partial charge < -0.3 is 14.4 Å². The fraction of sp³-hybridized carbons (Fsp3) is 1.00. The van der Waals surface area contributed by atoms with Gasteiger partial charge in [0.05, 0.1) is 19.8 Å². The molecule has 0 saturated carbocycles. The van der Waals surface area contributed by atoms with Crippen molar-refractivity contribution in [2.75, 3.05) is 46.6 Å². The number of rotatable bonds is 12. The zero-order chi connectivity index (χ0) is 14.9. The monoisotopic (exact) mass is 275 g/mol. The fourth-order valence-electron chi connectivity index (χ4n) is 1.71. The number of nitrogens with zero attached hydrogens (tertiary/aromatic N) is 1. The van der Waals surface area contributed by atoms with Gasteiger partial charge in [0.15, 0.2) is 0 Å². The standard InChI is InChI=1S/C14H31NO2.C2H6/c1-5-6-7-9-16-11-12-17-10-8-15(4)13-14(2)3;1-2/h14H,5-13H2,1-4H3;1-2H3. The van der Waals surface area contributed by atoms with Crippen LogP contribution in [0.5, 0.6) is 0 Å². The third kappa shape index (κ3) is 20.4. The van der Waals surface area contributed by atoms with E-state index < -0.39 is 0 Å². The van der Waals surface area contributed by atoms with E-state index in [1.54, 1.807) is 0 Å². The molecule has 0 fully saturated rings. The number of hydrogen-bond donors (Lipinski definition) is 0. The minimum atomic E-state index is 0.724. The van der Waals surface area contributed by atoms with Crippen molar-refractivity contribution >= 4 is 0 Å². The van der Waals surface area contributed by atoms with Crippen molar-refractivity contribution in [2.24, 2.45) is 5.92 Å². The van der Waals surface area contributed by atoms with Crippen LogP contribution in [0.15, 0.2) is 0 Å². The summed E-state index contributed by atoms with van der Waals surface area (Å²) in [7, 11) is 2.14. The zero-order valence-corrected chi connectivity index (χ0v) is 14.2. The first-order valence-corrected chi connectivity index (χ1v) is 8.00. The molecule has 0 unspecified atom stereocenters. The molecule has 19 heavy (non-hydrogen) atoms. The van der Waals surface area contributed by atoms with Crippen molar-refractivity contribution in [3.63, 3.8) is 0 Å². The van der Waals surface area contributed by atoms with E-state index in [4.69, 9.17) is 9.47 Å². The predicted molar refractivity (Wildman–Crippen MR) is 84.8 cm³/mol. The summed E-state index contributed by atoms with van der Waals surface area (Å²) in [5, 5.41) is 0. The van der Waals surface area contributed by atoms with E-state index in [0.29, 0.717) is 0 Å². The Balaban J connectivity index is 0. The lowest BCUT2D eigenvalue weighted by Gasteiger charge is -2.18. The topological polar surface area (TPSA) is 21.7 Å². The summed E-state index contributed by atoms with van der Waals surface area (Å²) in [5.74, 6) is 0.724. The summed E-state index contributed by atoms with van der Waals surface area (Å²) in [5.41, 5.74) is 0. The first-order valence-electron chi connectivity index (χ1n) is 8.00. The quantitative estimate of drug-likeness (QED) is 0.505. The van der Waals surface area contributed by atoms with Crippen LogP contribution in [0.2, 0.25) is 0 Å². The Morgan fingerprint density at radius 2 is 1.47 bits per heavy atom. The van der Waals surface area contributed by atoms with Gasteiger partial charge in [0, 0.05) is 19.7 Å². The van der Waals surface area contributed by atoms with Gasteiger partial charge in [0.2, 0.25) is 0 Å². The summed E-state index contributed by atoms with van der Waals surface area (Å²) in [6, 6.07) is 0.